The zero-order chi connectivity index (χ0) is 12.3. The molecule has 5 heteroatoms. The lowest BCUT2D eigenvalue weighted by atomic mass is 10.2. The van der Waals surface area contributed by atoms with Crippen LogP contribution in [-0.4, -0.2) is 15.1 Å². The molecule has 0 fully saturated rings. The topological polar surface area (TPSA) is 55.2 Å². The molecular formula is C12H11FN2O2. The van der Waals surface area contributed by atoms with Crippen molar-refractivity contribution in [3.8, 4) is 11.6 Å². The third kappa shape index (κ3) is 2.76. The summed E-state index contributed by atoms with van der Waals surface area (Å²) in [5.74, 6) is -0.161. The van der Waals surface area contributed by atoms with E-state index in [2.05, 4.69) is 9.97 Å². The molecule has 0 spiro atoms. The maximum absolute atomic E-state index is 13.4. The van der Waals surface area contributed by atoms with Crippen LogP contribution in [0.15, 0.2) is 30.6 Å². The van der Waals surface area contributed by atoms with Crippen LogP contribution in [0, 0.1) is 12.7 Å². The van der Waals surface area contributed by atoms with Gasteiger partial charge in [-0.15, -0.1) is 0 Å². The third-order valence-corrected chi connectivity index (χ3v) is 2.14. The lowest BCUT2D eigenvalue weighted by Gasteiger charge is -2.06. The van der Waals surface area contributed by atoms with Crippen LogP contribution < -0.4 is 4.74 Å². The minimum Gasteiger partial charge on any atom is -0.434 e. The lowest BCUT2D eigenvalue weighted by Crippen LogP contribution is -1.95. The highest BCUT2D eigenvalue weighted by Crippen LogP contribution is 2.23. The fourth-order valence-electron chi connectivity index (χ4n) is 1.28. The van der Waals surface area contributed by atoms with E-state index in [4.69, 9.17) is 9.84 Å². The van der Waals surface area contributed by atoms with Gasteiger partial charge in [-0.05, 0) is 24.6 Å². The van der Waals surface area contributed by atoms with E-state index in [-0.39, 0.29) is 18.2 Å². The van der Waals surface area contributed by atoms with Gasteiger partial charge in [-0.25, -0.2) is 9.37 Å². The Balaban J connectivity index is 2.22. The van der Waals surface area contributed by atoms with Gasteiger partial charge < -0.3 is 9.84 Å². The molecule has 0 amide bonds. The Morgan fingerprint density at radius 2 is 2.12 bits per heavy atom. The number of aliphatic hydroxyl groups is 1. The van der Waals surface area contributed by atoms with E-state index in [1.807, 2.05) is 6.92 Å². The van der Waals surface area contributed by atoms with Crippen LogP contribution in [-0.2, 0) is 6.61 Å². The van der Waals surface area contributed by atoms with Crippen molar-refractivity contribution in [2.75, 3.05) is 0 Å². The molecule has 0 aliphatic rings. The number of ether oxygens (including phenoxy) is 1. The van der Waals surface area contributed by atoms with Gasteiger partial charge in [0, 0.05) is 0 Å². The Hall–Kier alpha value is -2.01. The summed E-state index contributed by atoms with van der Waals surface area (Å²) in [5.41, 5.74) is 1.32. The molecule has 0 radical (unpaired) electrons. The van der Waals surface area contributed by atoms with Gasteiger partial charge in [-0.3, -0.25) is 4.98 Å². The summed E-state index contributed by atoms with van der Waals surface area (Å²) in [6.07, 6.45) is 2.72. The van der Waals surface area contributed by atoms with E-state index in [0.29, 0.717) is 5.69 Å². The number of aryl methyl sites for hydroxylation is 1. The van der Waals surface area contributed by atoms with Crippen LogP contribution in [0.1, 0.15) is 11.3 Å². The molecule has 2 aromatic rings. The summed E-state index contributed by atoms with van der Waals surface area (Å²) < 4.78 is 18.6. The van der Waals surface area contributed by atoms with Crippen molar-refractivity contribution in [2.24, 2.45) is 0 Å². The maximum Gasteiger partial charge on any atom is 0.237 e. The summed E-state index contributed by atoms with van der Waals surface area (Å²) in [6, 6.07) is 4.57. The van der Waals surface area contributed by atoms with E-state index >= 15 is 0 Å². The first-order chi connectivity index (χ1) is 8.19. The van der Waals surface area contributed by atoms with Crippen LogP contribution in [0.25, 0.3) is 0 Å². The second-order valence-corrected chi connectivity index (χ2v) is 3.54. The van der Waals surface area contributed by atoms with E-state index in [0.717, 1.165) is 5.56 Å². The molecule has 0 unspecified atom stereocenters. The van der Waals surface area contributed by atoms with E-state index in [9.17, 15) is 4.39 Å². The van der Waals surface area contributed by atoms with Crippen LogP contribution in [0.3, 0.4) is 0 Å². The summed E-state index contributed by atoms with van der Waals surface area (Å²) in [4.78, 5) is 7.79. The lowest BCUT2D eigenvalue weighted by molar-refractivity contribution is 0.275. The Morgan fingerprint density at radius 3 is 2.76 bits per heavy atom. The van der Waals surface area contributed by atoms with Crippen LogP contribution in [0.2, 0.25) is 0 Å². The van der Waals surface area contributed by atoms with Gasteiger partial charge in [0.1, 0.15) is 0 Å². The molecule has 2 rings (SSSR count). The number of aromatic nitrogens is 2. The highest BCUT2D eigenvalue weighted by molar-refractivity contribution is 5.32. The smallest absolute Gasteiger partial charge is 0.237 e. The second kappa shape index (κ2) is 4.88. The van der Waals surface area contributed by atoms with E-state index in [1.54, 1.807) is 12.1 Å². The number of aliphatic hydroxyl groups excluding tert-OH is 1. The normalized spacial score (nSPS) is 10.3. The SMILES string of the molecule is Cc1ccc(F)c(Oc2cnc(CO)cn2)c1. The van der Waals surface area contributed by atoms with Gasteiger partial charge in [0.25, 0.3) is 0 Å². The van der Waals surface area contributed by atoms with Crippen LogP contribution in [0.5, 0.6) is 11.6 Å². The summed E-state index contributed by atoms with van der Waals surface area (Å²) in [7, 11) is 0. The van der Waals surface area contributed by atoms with Crippen molar-refractivity contribution in [3.63, 3.8) is 0 Å². The number of halogens is 1. The Labute approximate surface area is 97.7 Å². The fourth-order valence-corrected chi connectivity index (χ4v) is 1.28. The van der Waals surface area contributed by atoms with Gasteiger partial charge in [-0.1, -0.05) is 6.07 Å². The van der Waals surface area contributed by atoms with E-state index in [1.165, 1.54) is 18.5 Å². The minimum absolute atomic E-state index is 0.107. The summed E-state index contributed by atoms with van der Waals surface area (Å²) in [6.45, 7) is 1.65. The molecule has 17 heavy (non-hydrogen) atoms. The Kier molecular flexibility index (Phi) is 3.30. The van der Waals surface area contributed by atoms with Gasteiger partial charge in [0.15, 0.2) is 11.6 Å². The molecule has 0 bridgehead atoms. The molecule has 88 valence electrons. The van der Waals surface area contributed by atoms with Crippen molar-refractivity contribution in [1.29, 1.82) is 0 Å². The van der Waals surface area contributed by atoms with Gasteiger partial charge in [0.05, 0.1) is 24.7 Å². The molecular weight excluding hydrogens is 223 g/mol. The molecule has 1 heterocycles. The predicted molar refractivity (Wildman–Crippen MR) is 59.2 cm³/mol. The molecule has 0 atom stereocenters. The van der Waals surface area contributed by atoms with Gasteiger partial charge >= 0.3 is 0 Å². The van der Waals surface area contributed by atoms with Crippen LogP contribution in [0.4, 0.5) is 4.39 Å². The molecule has 0 aliphatic carbocycles. The first kappa shape index (κ1) is 11.5. The standard InChI is InChI=1S/C12H11FN2O2/c1-8-2-3-10(13)11(4-8)17-12-6-14-9(7-16)5-15-12/h2-6,16H,7H2,1H3. The van der Waals surface area contributed by atoms with Crippen LogP contribution >= 0.6 is 0 Å². The average molecular weight is 234 g/mol. The molecule has 1 aromatic carbocycles. The average Bonchev–Trinajstić information content (AvgIpc) is 2.35. The first-order valence-corrected chi connectivity index (χ1v) is 5.05. The van der Waals surface area contributed by atoms with Crippen molar-refractivity contribution in [1.82, 2.24) is 9.97 Å². The highest BCUT2D eigenvalue weighted by Gasteiger charge is 2.06. The Bertz CT molecular complexity index is 514. The molecule has 1 aromatic heterocycles. The van der Waals surface area contributed by atoms with Crippen molar-refractivity contribution in [3.05, 3.63) is 47.7 Å². The number of benzene rings is 1. The van der Waals surface area contributed by atoms with Gasteiger partial charge in [-0.2, -0.15) is 0 Å². The minimum atomic E-state index is -0.455. The predicted octanol–water partition coefficient (Wildman–Crippen LogP) is 2.21. The quantitative estimate of drug-likeness (QED) is 0.884. The first-order valence-electron chi connectivity index (χ1n) is 5.05. The Morgan fingerprint density at radius 1 is 1.29 bits per heavy atom. The zero-order valence-corrected chi connectivity index (χ0v) is 9.22. The molecule has 0 saturated heterocycles. The summed E-state index contributed by atoms with van der Waals surface area (Å²) >= 11 is 0. The zero-order valence-electron chi connectivity index (χ0n) is 9.22. The fraction of sp³-hybridized carbons (Fsp3) is 0.167. The molecule has 0 aliphatic heterocycles. The van der Waals surface area contributed by atoms with Crippen molar-refractivity contribution in [2.45, 2.75) is 13.5 Å². The van der Waals surface area contributed by atoms with Gasteiger partial charge in [0.2, 0.25) is 5.88 Å². The number of hydrogen-bond donors (Lipinski definition) is 1. The second-order valence-electron chi connectivity index (χ2n) is 3.54. The number of nitrogens with zero attached hydrogens (tertiary/aromatic N) is 2. The molecule has 0 saturated carbocycles. The third-order valence-electron chi connectivity index (χ3n) is 2.14. The monoisotopic (exact) mass is 234 g/mol. The highest BCUT2D eigenvalue weighted by atomic mass is 19.1. The van der Waals surface area contributed by atoms with E-state index < -0.39 is 5.82 Å². The molecule has 1 N–H and O–H groups in total. The summed E-state index contributed by atoms with van der Waals surface area (Å²) in [5, 5.41) is 8.80. The largest absolute Gasteiger partial charge is 0.434 e. The number of hydrogen-bond acceptors (Lipinski definition) is 4. The maximum atomic E-state index is 13.4. The number of rotatable bonds is 3. The van der Waals surface area contributed by atoms with Crippen molar-refractivity contribution >= 4 is 0 Å². The molecule has 4 nitrogen and oxygen atoms in total. The van der Waals surface area contributed by atoms with Crippen molar-refractivity contribution < 1.29 is 14.2 Å².